The largest absolute Gasteiger partial charge is 0.434 e. The first-order valence-corrected chi connectivity index (χ1v) is 2.78. The number of H-pyrrole nitrogens is 2. The van der Waals surface area contributed by atoms with Crippen molar-refractivity contribution in [3.05, 3.63) is 16.7 Å². The minimum Gasteiger partial charge on any atom is -0.386 e. The van der Waals surface area contributed by atoms with Crippen molar-refractivity contribution in [3.63, 3.8) is 0 Å². The van der Waals surface area contributed by atoms with Gasteiger partial charge in [-0.3, -0.25) is 0 Å². The van der Waals surface area contributed by atoms with Crippen molar-refractivity contribution in [3.8, 4) is 11.6 Å². The first kappa shape index (κ1) is 5.83. The van der Waals surface area contributed by atoms with Crippen molar-refractivity contribution in [2.75, 3.05) is 0 Å². The SMILES string of the molecule is O=c1[nH]nc(-c2cn[nH]n2)o1. The van der Waals surface area contributed by atoms with Crippen LogP contribution in [0.3, 0.4) is 0 Å². The summed E-state index contributed by atoms with van der Waals surface area (Å²) < 4.78 is 4.58. The summed E-state index contributed by atoms with van der Waals surface area (Å²) in [7, 11) is 0. The number of nitrogens with one attached hydrogen (secondary N) is 2. The zero-order valence-electron chi connectivity index (χ0n) is 5.24. The van der Waals surface area contributed by atoms with Gasteiger partial charge in [-0.1, -0.05) is 0 Å². The van der Waals surface area contributed by atoms with Crippen LogP contribution in [0.4, 0.5) is 0 Å². The van der Waals surface area contributed by atoms with Crippen molar-refractivity contribution in [1.29, 1.82) is 0 Å². The molecule has 0 aliphatic rings. The molecule has 2 aromatic heterocycles. The maximum Gasteiger partial charge on any atom is 0.434 e. The standard InChI is InChI=1S/C4H3N5O2/c10-4-8-7-3(11-4)2-1-5-9-6-2/h1H,(H,8,10)(H,5,6,9). The quantitative estimate of drug-likeness (QED) is 0.555. The predicted molar refractivity (Wildman–Crippen MR) is 32.5 cm³/mol. The molecule has 0 atom stereocenters. The van der Waals surface area contributed by atoms with Gasteiger partial charge >= 0.3 is 5.76 Å². The highest BCUT2D eigenvalue weighted by atomic mass is 16.4. The Balaban J connectivity index is 2.53. The highest BCUT2D eigenvalue weighted by Gasteiger charge is 2.06. The van der Waals surface area contributed by atoms with Gasteiger partial charge in [0.1, 0.15) is 0 Å². The number of nitrogens with zero attached hydrogens (tertiary/aromatic N) is 3. The van der Waals surface area contributed by atoms with Crippen LogP contribution in [0.15, 0.2) is 15.4 Å². The first-order chi connectivity index (χ1) is 5.36. The Hall–Kier alpha value is -1.92. The lowest BCUT2D eigenvalue weighted by molar-refractivity contribution is 0.525. The third-order valence-corrected chi connectivity index (χ3v) is 1.07. The second kappa shape index (κ2) is 2.04. The Labute approximate surface area is 59.4 Å². The third-order valence-electron chi connectivity index (χ3n) is 1.07. The fraction of sp³-hybridized carbons (Fsp3) is 0. The van der Waals surface area contributed by atoms with Crippen molar-refractivity contribution >= 4 is 0 Å². The Morgan fingerprint density at radius 3 is 2.91 bits per heavy atom. The topological polar surface area (TPSA) is 100 Å². The fourth-order valence-corrected chi connectivity index (χ4v) is 0.644. The van der Waals surface area contributed by atoms with Gasteiger partial charge in [0.15, 0.2) is 5.69 Å². The second-order valence-corrected chi connectivity index (χ2v) is 1.77. The van der Waals surface area contributed by atoms with Gasteiger partial charge in [0, 0.05) is 0 Å². The van der Waals surface area contributed by atoms with Crippen LogP contribution in [-0.4, -0.2) is 25.6 Å². The monoisotopic (exact) mass is 153 g/mol. The third kappa shape index (κ3) is 0.914. The van der Waals surface area contributed by atoms with E-state index in [-0.39, 0.29) is 5.89 Å². The minimum absolute atomic E-state index is 0.128. The first-order valence-electron chi connectivity index (χ1n) is 2.78. The van der Waals surface area contributed by atoms with E-state index in [1.807, 2.05) is 0 Å². The Kier molecular flexibility index (Phi) is 1.08. The Bertz CT molecular complexity index is 385. The molecule has 56 valence electrons. The highest BCUT2D eigenvalue weighted by molar-refractivity contribution is 5.41. The molecule has 2 N–H and O–H groups in total. The molecule has 0 aromatic carbocycles. The van der Waals surface area contributed by atoms with Gasteiger partial charge in [0.05, 0.1) is 6.20 Å². The molecule has 0 radical (unpaired) electrons. The van der Waals surface area contributed by atoms with Gasteiger partial charge in [0.25, 0.3) is 5.89 Å². The zero-order valence-corrected chi connectivity index (χ0v) is 5.24. The van der Waals surface area contributed by atoms with Gasteiger partial charge in [-0.2, -0.15) is 15.4 Å². The maximum absolute atomic E-state index is 10.4. The summed E-state index contributed by atoms with van der Waals surface area (Å²) in [6.45, 7) is 0. The minimum atomic E-state index is -0.608. The molecule has 0 aliphatic heterocycles. The van der Waals surface area contributed by atoms with Crippen molar-refractivity contribution in [2.24, 2.45) is 0 Å². The lowest BCUT2D eigenvalue weighted by Crippen LogP contribution is -1.93. The molecule has 2 aromatic rings. The maximum atomic E-state index is 10.4. The molecule has 2 heterocycles. The van der Waals surface area contributed by atoms with E-state index >= 15 is 0 Å². The molecule has 0 aliphatic carbocycles. The Morgan fingerprint density at radius 1 is 1.45 bits per heavy atom. The lowest BCUT2D eigenvalue weighted by Gasteiger charge is -1.77. The average Bonchev–Trinajstić information content (AvgIpc) is 2.55. The van der Waals surface area contributed by atoms with Crippen LogP contribution in [-0.2, 0) is 0 Å². The van der Waals surface area contributed by atoms with E-state index in [1.165, 1.54) is 6.20 Å². The number of aromatic nitrogens is 5. The van der Waals surface area contributed by atoms with Gasteiger partial charge < -0.3 is 4.42 Å². The van der Waals surface area contributed by atoms with Crippen LogP contribution in [0.1, 0.15) is 0 Å². The van der Waals surface area contributed by atoms with E-state index in [4.69, 9.17) is 0 Å². The molecule has 0 bridgehead atoms. The molecular weight excluding hydrogens is 150 g/mol. The van der Waals surface area contributed by atoms with Gasteiger partial charge in [-0.05, 0) is 0 Å². The molecule has 7 heteroatoms. The summed E-state index contributed by atoms with van der Waals surface area (Å²) in [6, 6.07) is 0. The van der Waals surface area contributed by atoms with Crippen LogP contribution in [0.5, 0.6) is 0 Å². The van der Waals surface area contributed by atoms with E-state index in [1.54, 1.807) is 0 Å². The predicted octanol–water partition coefficient (Wildman–Crippen LogP) is -0.852. The number of aromatic amines is 2. The molecule has 2 rings (SSSR count). The number of hydrogen-bond acceptors (Lipinski definition) is 5. The van der Waals surface area contributed by atoms with E-state index in [0.29, 0.717) is 5.69 Å². The molecule has 0 amide bonds. The molecule has 7 nitrogen and oxygen atoms in total. The molecule has 11 heavy (non-hydrogen) atoms. The van der Waals surface area contributed by atoms with E-state index in [9.17, 15) is 4.79 Å². The van der Waals surface area contributed by atoms with Gasteiger partial charge in [-0.15, -0.1) is 5.10 Å². The average molecular weight is 153 g/mol. The van der Waals surface area contributed by atoms with Gasteiger partial charge in [0.2, 0.25) is 0 Å². The van der Waals surface area contributed by atoms with Crippen molar-refractivity contribution in [1.82, 2.24) is 25.6 Å². The molecule has 0 fully saturated rings. The molecular formula is C4H3N5O2. The molecule has 0 saturated carbocycles. The van der Waals surface area contributed by atoms with Crippen LogP contribution in [0.25, 0.3) is 11.6 Å². The second-order valence-electron chi connectivity index (χ2n) is 1.77. The van der Waals surface area contributed by atoms with E-state index < -0.39 is 5.76 Å². The lowest BCUT2D eigenvalue weighted by atomic mass is 10.5. The van der Waals surface area contributed by atoms with Crippen LogP contribution in [0, 0.1) is 0 Å². The van der Waals surface area contributed by atoms with E-state index in [0.717, 1.165) is 0 Å². The summed E-state index contributed by atoms with van der Waals surface area (Å²) in [4.78, 5) is 10.4. The normalized spacial score (nSPS) is 10.2. The van der Waals surface area contributed by atoms with Crippen LogP contribution < -0.4 is 5.76 Å². The molecule has 0 unspecified atom stereocenters. The summed E-state index contributed by atoms with van der Waals surface area (Å²) in [5.74, 6) is -0.480. The number of hydrogen-bond donors (Lipinski definition) is 2. The summed E-state index contributed by atoms with van der Waals surface area (Å²) in [6.07, 6.45) is 1.40. The zero-order chi connectivity index (χ0) is 7.68. The summed E-state index contributed by atoms with van der Waals surface area (Å²) >= 11 is 0. The fourth-order valence-electron chi connectivity index (χ4n) is 0.644. The van der Waals surface area contributed by atoms with E-state index in [2.05, 4.69) is 30.0 Å². The smallest absolute Gasteiger partial charge is 0.386 e. The molecule has 0 saturated heterocycles. The summed E-state index contributed by atoms with van der Waals surface area (Å²) in [5, 5.41) is 15.2. The van der Waals surface area contributed by atoms with Crippen LogP contribution in [0.2, 0.25) is 0 Å². The highest BCUT2D eigenvalue weighted by Crippen LogP contribution is 2.06. The van der Waals surface area contributed by atoms with Gasteiger partial charge in [-0.25, -0.2) is 9.89 Å². The molecule has 0 spiro atoms. The Morgan fingerprint density at radius 2 is 2.36 bits per heavy atom. The summed E-state index contributed by atoms with van der Waals surface area (Å²) in [5.41, 5.74) is 0.392. The van der Waals surface area contributed by atoms with Crippen molar-refractivity contribution < 1.29 is 4.42 Å². The van der Waals surface area contributed by atoms with Crippen LogP contribution >= 0.6 is 0 Å². The number of rotatable bonds is 1. The van der Waals surface area contributed by atoms with Crippen molar-refractivity contribution in [2.45, 2.75) is 0 Å².